The molecular formula is C35H44O. The van der Waals surface area contributed by atoms with E-state index in [1.54, 1.807) is 6.08 Å². The van der Waals surface area contributed by atoms with Gasteiger partial charge >= 0.3 is 0 Å². The van der Waals surface area contributed by atoms with E-state index in [-0.39, 0.29) is 11.7 Å². The molecule has 0 amide bonds. The number of hydrogen-bond donors (Lipinski definition) is 0. The first-order chi connectivity index (χ1) is 17.3. The molecule has 4 aliphatic carbocycles. The van der Waals surface area contributed by atoms with Crippen LogP contribution in [0, 0.1) is 43.4 Å². The summed E-state index contributed by atoms with van der Waals surface area (Å²) >= 11 is 0. The Labute approximate surface area is 219 Å². The normalized spacial score (nSPS) is 31.0. The van der Waals surface area contributed by atoms with Crippen LogP contribution >= 0.6 is 0 Å². The minimum Gasteiger partial charge on any atom is -0.294 e. The van der Waals surface area contributed by atoms with Gasteiger partial charge in [0.1, 0.15) is 0 Å². The standard InChI is InChI=1S/C21H24O.C14H20/c1-6-17-9-10-21(22)20(19(17)11-14(2)3)13-18-12-15(4)7-8-16(18)5;1-10-5-7-11(8-6-10)13-4-2-3-12-9-14(12)13/h6-12,20H,2,13H2,1,3-5H3;2-4,10-12,14H,5-9H2,1H3/b17-6-,19-11+;/t20-;/m0./s1. The zero-order valence-electron chi connectivity index (χ0n) is 23.0. The maximum atomic E-state index is 12.5. The van der Waals surface area contributed by atoms with E-state index in [2.05, 4.69) is 69.9 Å². The molecule has 3 atom stereocenters. The maximum Gasteiger partial charge on any atom is 0.163 e. The van der Waals surface area contributed by atoms with Crippen LogP contribution in [0.3, 0.4) is 0 Å². The number of allylic oxidation sites excluding steroid dienone is 11. The van der Waals surface area contributed by atoms with E-state index in [9.17, 15) is 4.79 Å². The molecule has 36 heavy (non-hydrogen) atoms. The fraction of sp³-hybridized carbons (Fsp3) is 0.457. The Bertz CT molecular complexity index is 1140. The van der Waals surface area contributed by atoms with Gasteiger partial charge in [-0.15, -0.1) is 0 Å². The third kappa shape index (κ3) is 6.36. The van der Waals surface area contributed by atoms with Gasteiger partial charge in [0.15, 0.2) is 5.78 Å². The van der Waals surface area contributed by atoms with E-state index in [1.807, 2.05) is 31.6 Å². The lowest BCUT2D eigenvalue weighted by Gasteiger charge is -2.29. The number of fused-ring (bicyclic) bond motifs is 1. The summed E-state index contributed by atoms with van der Waals surface area (Å²) in [6.45, 7) is 14.6. The van der Waals surface area contributed by atoms with Gasteiger partial charge in [0.2, 0.25) is 0 Å². The summed E-state index contributed by atoms with van der Waals surface area (Å²) in [5.74, 6) is 3.91. The van der Waals surface area contributed by atoms with Crippen molar-refractivity contribution < 1.29 is 4.79 Å². The molecule has 0 radical (unpaired) electrons. The van der Waals surface area contributed by atoms with Crippen LogP contribution in [0.4, 0.5) is 0 Å². The molecule has 0 aromatic heterocycles. The van der Waals surface area contributed by atoms with Gasteiger partial charge in [0, 0.05) is 0 Å². The van der Waals surface area contributed by atoms with E-state index >= 15 is 0 Å². The van der Waals surface area contributed by atoms with Gasteiger partial charge in [-0.1, -0.05) is 97.7 Å². The van der Waals surface area contributed by atoms with Crippen LogP contribution in [-0.4, -0.2) is 5.78 Å². The number of benzene rings is 1. The van der Waals surface area contributed by atoms with Crippen molar-refractivity contribution in [3.05, 3.63) is 106 Å². The van der Waals surface area contributed by atoms with Gasteiger partial charge in [0.05, 0.1) is 5.92 Å². The average molecular weight is 481 g/mol. The molecule has 4 aliphatic rings. The molecule has 1 aromatic carbocycles. The Balaban J connectivity index is 0.000000185. The van der Waals surface area contributed by atoms with Gasteiger partial charge in [-0.3, -0.25) is 4.79 Å². The van der Waals surface area contributed by atoms with Crippen molar-refractivity contribution in [3.63, 3.8) is 0 Å². The first kappa shape index (κ1) is 26.4. The van der Waals surface area contributed by atoms with Crippen molar-refractivity contribution in [1.29, 1.82) is 0 Å². The smallest absolute Gasteiger partial charge is 0.163 e. The van der Waals surface area contributed by atoms with Crippen LogP contribution in [0.5, 0.6) is 0 Å². The lowest BCUT2D eigenvalue weighted by atomic mass is 9.77. The fourth-order valence-electron chi connectivity index (χ4n) is 6.18. The quantitative estimate of drug-likeness (QED) is 0.420. The highest BCUT2D eigenvalue weighted by Crippen LogP contribution is 2.52. The minimum absolute atomic E-state index is 0.117. The molecule has 0 heterocycles. The van der Waals surface area contributed by atoms with Crippen LogP contribution in [0.1, 0.15) is 69.6 Å². The van der Waals surface area contributed by atoms with Crippen molar-refractivity contribution in [1.82, 2.24) is 0 Å². The van der Waals surface area contributed by atoms with Crippen LogP contribution in [-0.2, 0) is 11.2 Å². The van der Waals surface area contributed by atoms with E-state index < -0.39 is 0 Å². The molecule has 0 spiro atoms. The molecule has 2 fully saturated rings. The molecule has 2 unspecified atom stereocenters. The van der Waals surface area contributed by atoms with Crippen molar-refractivity contribution in [2.24, 2.45) is 29.6 Å². The first-order valence-electron chi connectivity index (χ1n) is 14.0. The van der Waals surface area contributed by atoms with E-state index in [0.29, 0.717) is 0 Å². The molecule has 1 nitrogen and oxygen atoms in total. The highest BCUT2D eigenvalue weighted by atomic mass is 16.1. The molecule has 0 bridgehead atoms. The van der Waals surface area contributed by atoms with E-state index in [0.717, 1.165) is 46.8 Å². The largest absolute Gasteiger partial charge is 0.294 e. The third-order valence-corrected chi connectivity index (χ3v) is 8.52. The molecule has 0 saturated heterocycles. The summed E-state index contributed by atoms with van der Waals surface area (Å²) in [6.07, 6.45) is 22.9. The molecule has 190 valence electrons. The summed E-state index contributed by atoms with van der Waals surface area (Å²) in [5, 5.41) is 0. The summed E-state index contributed by atoms with van der Waals surface area (Å²) in [6, 6.07) is 6.44. The predicted octanol–water partition coefficient (Wildman–Crippen LogP) is 8.99. The van der Waals surface area contributed by atoms with Crippen LogP contribution < -0.4 is 0 Å². The second-order valence-electron chi connectivity index (χ2n) is 11.6. The first-order valence-corrected chi connectivity index (χ1v) is 14.0. The SMILES string of the molecule is C=C(C)/C=C1\C(=C/C)C=CC(=O)[C@H]1Cc1cc(C)ccc1C.CC1CCC(C2=CC=CC3CC23)CC1. The van der Waals surface area contributed by atoms with Crippen molar-refractivity contribution in [2.75, 3.05) is 0 Å². The zero-order chi connectivity index (χ0) is 25.8. The van der Waals surface area contributed by atoms with Crippen molar-refractivity contribution in [3.8, 4) is 0 Å². The number of rotatable bonds is 4. The van der Waals surface area contributed by atoms with Gasteiger partial charge in [-0.25, -0.2) is 0 Å². The molecule has 0 aliphatic heterocycles. The Morgan fingerprint density at radius 1 is 1.11 bits per heavy atom. The molecule has 1 aromatic rings. The van der Waals surface area contributed by atoms with Crippen molar-refractivity contribution >= 4 is 5.78 Å². The Hall–Kier alpha value is -2.67. The van der Waals surface area contributed by atoms with Crippen LogP contribution in [0.2, 0.25) is 0 Å². The van der Waals surface area contributed by atoms with E-state index in [4.69, 9.17) is 0 Å². The van der Waals surface area contributed by atoms with Crippen LogP contribution in [0.15, 0.2) is 89.6 Å². The van der Waals surface area contributed by atoms with Crippen molar-refractivity contribution in [2.45, 2.75) is 73.1 Å². The molecule has 5 rings (SSSR count). The number of aryl methyl sites for hydroxylation is 2. The second kappa shape index (κ2) is 11.6. The summed E-state index contributed by atoms with van der Waals surface area (Å²) in [5.41, 5.74) is 8.71. The molecule has 0 N–H and O–H groups in total. The lowest BCUT2D eigenvalue weighted by Crippen LogP contribution is -2.22. The Morgan fingerprint density at radius 2 is 1.86 bits per heavy atom. The highest BCUT2D eigenvalue weighted by molar-refractivity contribution is 5.97. The monoisotopic (exact) mass is 480 g/mol. The zero-order valence-corrected chi connectivity index (χ0v) is 23.0. The van der Waals surface area contributed by atoms with Gasteiger partial charge in [0.25, 0.3) is 0 Å². The van der Waals surface area contributed by atoms with Gasteiger partial charge in [-0.05, 0) is 105 Å². The number of carbonyl (C=O) groups is 1. The van der Waals surface area contributed by atoms with Crippen LogP contribution in [0.25, 0.3) is 0 Å². The number of carbonyl (C=O) groups excluding carboxylic acids is 1. The third-order valence-electron chi connectivity index (χ3n) is 8.52. The molecular weight excluding hydrogens is 436 g/mol. The fourth-order valence-corrected chi connectivity index (χ4v) is 6.18. The van der Waals surface area contributed by atoms with E-state index in [1.165, 1.54) is 48.8 Å². The summed E-state index contributed by atoms with van der Waals surface area (Å²) in [4.78, 5) is 12.5. The predicted molar refractivity (Wildman–Crippen MR) is 154 cm³/mol. The highest BCUT2D eigenvalue weighted by Gasteiger charge is 2.41. The number of ketones is 1. The average Bonchev–Trinajstić information content (AvgIpc) is 3.64. The maximum absolute atomic E-state index is 12.5. The Morgan fingerprint density at radius 3 is 2.56 bits per heavy atom. The van der Waals surface area contributed by atoms with Gasteiger partial charge < -0.3 is 0 Å². The second-order valence-corrected chi connectivity index (χ2v) is 11.6. The molecule has 2 saturated carbocycles. The number of hydrogen-bond acceptors (Lipinski definition) is 1. The summed E-state index contributed by atoms with van der Waals surface area (Å²) < 4.78 is 0. The molecule has 1 heteroatoms. The Kier molecular flexibility index (Phi) is 8.50. The van der Waals surface area contributed by atoms with Gasteiger partial charge in [-0.2, -0.15) is 0 Å². The summed E-state index contributed by atoms with van der Waals surface area (Å²) in [7, 11) is 0. The minimum atomic E-state index is -0.117. The topological polar surface area (TPSA) is 17.1 Å². The lowest BCUT2D eigenvalue weighted by molar-refractivity contribution is -0.117.